The molecule has 0 spiro atoms. The largest absolute Gasteiger partial charge is 0.409 e. The minimum Gasteiger partial charge on any atom is -0.409 e. The predicted octanol–water partition coefficient (Wildman–Crippen LogP) is 2.85. The molecule has 0 unspecified atom stereocenters. The molecule has 0 amide bonds. The number of nitrogens with two attached hydrogens (primary N) is 1. The first-order chi connectivity index (χ1) is 6.92. The van der Waals surface area contributed by atoms with E-state index < -0.39 is 8.32 Å². The highest BCUT2D eigenvalue weighted by Gasteiger charge is 2.21. The molecule has 0 saturated heterocycles. The minimum atomic E-state index is -1.52. The summed E-state index contributed by atoms with van der Waals surface area (Å²) in [6.07, 6.45) is 0.0530. The van der Waals surface area contributed by atoms with E-state index in [-0.39, 0.29) is 6.10 Å². The summed E-state index contributed by atoms with van der Waals surface area (Å²) in [5.74, 6) is 0. The van der Waals surface area contributed by atoms with Crippen LogP contribution >= 0.6 is 0 Å². The molecule has 0 aliphatic rings. The van der Waals surface area contributed by atoms with E-state index in [1.807, 2.05) is 0 Å². The van der Waals surface area contributed by atoms with E-state index in [1.165, 1.54) is 11.1 Å². The summed E-state index contributed by atoms with van der Waals surface area (Å²) in [5, 5.41) is 0. The van der Waals surface area contributed by atoms with Gasteiger partial charge in [-0.1, -0.05) is 29.8 Å². The van der Waals surface area contributed by atoms with Gasteiger partial charge in [-0.25, -0.2) is 0 Å². The molecule has 0 fully saturated rings. The molecular formula is C12H21NOSi. The maximum Gasteiger partial charge on any atom is 0.184 e. The van der Waals surface area contributed by atoms with Crippen LogP contribution in [-0.4, -0.2) is 14.9 Å². The lowest BCUT2D eigenvalue weighted by molar-refractivity contribution is 0.206. The van der Waals surface area contributed by atoms with E-state index >= 15 is 0 Å². The fourth-order valence-corrected chi connectivity index (χ4v) is 2.55. The Hall–Kier alpha value is -0.643. The zero-order chi connectivity index (χ0) is 11.5. The Morgan fingerprint density at radius 3 is 2.13 bits per heavy atom. The van der Waals surface area contributed by atoms with Crippen LogP contribution in [0.5, 0.6) is 0 Å². The highest BCUT2D eigenvalue weighted by Crippen LogP contribution is 2.21. The molecule has 84 valence electrons. The van der Waals surface area contributed by atoms with E-state index in [9.17, 15) is 0 Å². The molecular weight excluding hydrogens is 202 g/mol. The summed E-state index contributed by atoms with van der Waals surface area (Å²) >= 11 is 0. The van der Waals surface area contributed by atoms with Crippen molar-refractivity contribution in [3.8, 4) is 0 Å². The van der Waals surface area contributed by atoms with Gasteiger partial charge in [-0.2, -0.15) is 0 Å². The van der Waals surface area contributed by atoms with Gasteiger partial charge in [-0.05, 0) is 32.1 Å². The van der Waals surface area contributed by atoms with Crippen molar-refractivity contribution < 1.29 is 4.43 Å². The topological polar surface area (TPSA) is 35.2 Å². The highest BCUT2D eigenvalue weighted by molar-refractivity contribution is 6.69. The molecule has 2 N–H and O–H groups in total. The van der Waals surface area contributed by atoms with E-state index in [4.69, 9.17) is 10.2 Å². The summed E-state index contributed by atoms with van der Waals surface area (Å²) in [6, 6.07) is 8.41. The third kappa shape index (κ3) is 4.16. The van der Waals surface area contributed by atoms with Gasteiger partial charge in [-0.3, -0.25) is 0 Å². The van der Waals surface area contributed by atoms with Gasteiger partial charge >= 0.3 is 0 Å². The van der Waals surface area contributed by atoms with Crippen molar-refractivity contribution in [1.82, 2.24) is 0 Å². The van der Waals surface area contributed by atoms with E-state index in [0.29, 0.717) is 6.54 Å². The van der Waals surface area contributed by atoms with E-state index in [1.54, 1.807) is 0 Å². The molecule has 0 aromatic heterocycles. The van der Waals surface area contributed by atoms with Gasteiger partial charge < -0.3 is 10.2 Å². The van der Waals surface area contributed by atoms with Gasteiger partial charge in [0, 0.05) is 6.54 Å². The molecule has 3 heteroatoms. The quantitative estimate of drug-likeness (QED) is 0.797. The first-order valence-corrected chi connectivity index (χ1v) is 8.77. The third-order valence-corrected chi connectivity index (χ3v) is 3.15. The summed E-state index contributed by atoms with van der Waals surface area (Å²) in [5.41, 5.74) is 8.20. The molecule has 2 nitrogen and oxygen atoms in total. The number of rotatable bonds is 4. The fourth-order valence-electron chi connectivity index (χ4n) is 1.46. The van der Waals surface area contributed by atoms with Gasteiger partial charge in [0.1, 0.15) is 0 Å². The third-order valence-electron chi connectivity index (χ3n) is 2.16. The number of benzene rings is 1. The van der Waals surface area contributed by atoms with Gasteiger partial charge in [0.2, 0.25) is 0 Å². The summed E-state index contributed by atoms with van der Waals surface area (Å²) < 4.78 is 6.03. The molecule has 0 heterocycles. The number of hydrogen-bond acceptors (Lipinski definition) is 2. The molecule has 1 rings (SSSR count). The first-order valence-electron chi connectivity index (χ1n) is 5.37. The second kappa shape index (κ2) is 4.92. The Labute approximate surface area is 93.6 Å². The van der Waals surface area contributed by atoms with Crippen LogP contribution in [0.25, 0.3) is 0 Å². The minimum absolute atomic E-state index is 0.0530. The van der Waals surface area contributed by atoms with Crippen LogP contribution in [0.4, 0.5) is 0 Å². The molecule has 15 heavy (non-hydrogen) atoms. The average molecular weight is 223 g/mol. The van der Waals surface area contributed by atoms with Crippen molar-refractivity contribution >= 4 is 8.32 Å². The van der Waals surface area contributed by atoms with Crippen molar-refractivity contribution in [3.63, 3.8) is 0 Å². The van der Waals surface area contributed by atoms with Gasteiger partial charge in [0.15, 0.2) is 8.32 Å². The van der Waals surface area contributed by atoms with Crippen LogP contribution < -0.4 is 5.73 Å². The maximum absolute atomic E-state index is 6.03. The van der Waals surface area contributed by atoms with Gasteiger partial charge in [0.05, 0.1) is 6.10 Å². The van der Waals surface area contributed by atoms with Crippen molar-refractivity contribution in [2.75, 3.05) is 6.54 Å². The standard InChI is InChI=1S/C12H21NOSi/c1-10-5-7-11(8-6-10)12(9-13)14-15(2,3)4/h5-8,12H,9,13H2,1-4H3/t12-/m0/s1. The van der Waals surface area contributed by atoms with Crippen molar-refractivity contribution in [3.05, 3.63) is 35.4 Å². The van der Waals surface area contributed by atoms with Crippen LogP contribution in [0.3, 0.4) is 0 Å². The zero-order valence-corrected chi connectivity index (χ0v) is 11.1. The predicted molar refractivity (Wildman–Crippen MR) is 67.4 cm³/mol. The van der Waals surface area contributed by atoms with Crippen LogP contribution in [0.15, 0.2) is 24.3 Å². The zero-order valence-electron chi connectivity index (χ0n) is 10.1. The second-order valence-corrected chi connectivity index (χ2v) is 9.33. The Morgan fingerprint density at radius 1 is 1.20 bits per heavy atom. The van der Waals surface area contributed by atoms with Crippen LogP contribution in [0.2, 0.25) is 19.6 Å². The average Bonchev–Trinajstić information content (AvgIpc) is 2.14. The summed E-state index contributed by atoms with van der Waals surface area (Å²) in [7, 11) is -1.52. The fraction of sp³-hybridized carbons (Fsp3) is 0.500. The van der Waals surface area contributed by atoms with Crippen molar-refractivity contribution in [2.45, 2.75) is 32.7 Å². The van der Waals surface area contributed by atoms with Crippen LogP contribution in [-0.2, 0) is 4.43 Å². The normalized spacial score (nSPS) is 13.9. The first kappa shape index (κ1) is 12.4. The Kier molecular flexibility index (Phi) is 4.08. The maximum atomic E-state index is 6.03. The summed E-state index contributed by atoms with van der Waals surface area (Å²) in [4.78, 5) is 0. The van der Waals surface area contributed by atoms with Crippen molar-refractivity contribution in [1.29, 1.82) is 0 Å². The molecule has 0 aliphatic heterocycles. The molecule has 1 aromatic rings. The molecule has 0 saturated carbocycles. The highest BCUT2D eigenvalue weighted by atomic mass is 28.4. The lowest BCUT2D eigenvalue weighted by atomic mass is 10.1. The monoisotopic (exact) mass is 223 g/mol. The molecule has 1 aromatic carbocycles. The second-order valence-electron chi connectivity index (χ2n) is 4.87. The number of hydrogen-bond donors (Lipinski definition) is 1. The lowest BCUT2D eigenvalue weighted by Crippen LogP contribution is -2.31. The smallest absolute Gasteiger partial charge is 0.184 e. The van der Waals surface area contributed by atoms with Gasteiger partial charge in [-0.15, -0.1) is 0 Å². The Morgan fingerprint density at radius 2 is 1.73 bits per heavy atom. The van der Waals surface area contributed by atoms with E-state index in [0.717, 1.165) is 0 Å². The van der Waals surface area contributed by atoms with Gasteiger partial charge in [0.25, 0.3) is 0 Å². The molecule has 0 bridgehead atoms. The SMILES string of the molecule is Cc1ccc([C@H](CN)O[Si](C)(C)C)cc1. The molecule has 1 atom stereocenters. The van der Waals surface area contributed by atoms with Crippen LogP contribution in [0, 0.1) is 6.92 Å². The number of aryl methyl sites for hydroxylation is 1. The summed E-state index contributed by atoms with van der Waals surface area (Å²) in [6.45, 7) is 9.19. The molecule has 0 radical (unpaired) electrons. The van der Waals surface area contributed by atoms with Crippen LogP contribution in [0.1, 0.15) is 17.2 Å². The molecule has 0 aliphatic carbocycles. The van der Waals surface area contributed by atoms with Crippen molar-refractivity contribution in [2.24, 2.45) is 5.73 Å². The Bertz CT molecular complexity index is 302. The Balaban J connectivity index is 2.79. The van der Waals surface area contributed by atoms with E-state index in [2.05, 4.69) is 50.8 Å². The lowest BCUT2D eigenvalue weighted by Gasteiger charge is -2.25.